The minimum Gasteiger partial charge on any atom is -0.474 e. The number of rotatable bonds is 2. The molecule has 0 aromatic carbocycles. The van der Waals surface area contributed by atoms with Crippen molar-refractivity contribution in [2.75, 3.05) is 6.61 Å². The number of thiazole rings is 1. The van der Waals surface area contributed by atoms with Crippen molar-refractivity contribution in [1.82, 2.24) is 4.98 Å². The molecule has 0 saturated carbocycles. The van der Waals surface area contributed by atoms with Crippen LogP contribution in [0.25, 0.3) is 0 Å². The Morgan fingerprint density at radius 2 is 2.46 bits per heavy atom. The van der Waals surface area contributed by atoms with Gasteiger partial charge in [0.25, 0.3) is 0 Å². The quantitative estimate of drug-likeness (QED) is 0.724. The number of hydrogen-bond acceptors (Lipinski definition) is 4. The Balaban J connectivity index is 2.15. The van der Waals surface area contributed by atoms with Crippen LogP contribution in [0.5, 0.6) is 0 Å². The number of aliphatic imine (C=N–C) groups is 1. The molecule has 0 radical (unpaired) electrons. The first-order valence-corrected chi connectivity index (χ1v) is 5.31. The van der Waals surface area contributed by atoms with Crippen molar-refractivity contribution in [1.29, 1.82) is 0 Å². The van der Waals surface area contributed by atoms with Gasteiger partial charge in [0.15, 0.2) is 0 Å². The minimum atomic E-state index is 0.302. The van der Waals surface area contributed by atoms with Crippen LogP contribution < -0.4 is 0 Å². The van der Waals surface area contributed by atoms with Gasteiger partial charge >= 0.3 is 0 Å². The Labute approximate surface area is 81.5 Å². The fraction of sp³-hybridized carbons (Fsp3) is 0.556. The third-order valence-electron chi connectivity index (χ3n) is 2.09. The molecule has 1 aromatic rings. The topological polar surface area (TPSA) is 34.5 Å². The molecule has 1 aliphatic heterocycles. The molecule has 2 heterocycles. The van der Waals surface area contributed by atoms with E-state index in [-0.39, 0.29) is 0 Å². The van der Waals surface area contributed by atoms with Crippen LogP contribution in [0.4, 0.5) is 0 Å². The first-order valence-electron chi connectivity index (χ1n) is 4.36. The van der Waals surface area contributed by atoms with E-state index in [1.807, 2.05) is 5.38 Å². The van der Waals surface area contributed by atoms with Crippen LogP contribution >= 0.6 is 11.3 Å². The molecule has 13 heavy (non-hydrogen) atoms. The van der Waals surface area contributed by atoms with E-state index in [1.54, 1.807) is 16.8 Å². The van der Waals surface area contributed by atoms with E-state index in [9.17, 15) is 0 Å². The summed E-state index contributed by atoms with van der Waals surface area (Å²) in [4.78, 5) is 8.62. The maximum atomic E-state index is 5.47. The summed E-state index contributed by atoms with van der Waals surface area (Å²) < 4.78 is 5.47. The van der Waals surface area contributed by atoms with Crippen molar-refractivity contribution >= 4 is 17.2 Å². The molecule has 0 aliphatic carbocycles. The predicted octanol–water partition coefficient (Wildman–Crippen LogP) is 1.94. The maximum absolute atomic E-state index is 5.47. The van der Waals surface area contributed by atoms with E-state index in [4.69, 9.17) is 4.74 Å². The molecule has 1 aliphatic rings. The van der Waals surface area contributed by atoms with Crippen molar-refractivity contribution in [2.24, 2.45) is 10.9 Å². The first-order chi connectivity index (χ1) is 6.27. The summed E-state index contributed by atoms with van der Waals surface area (Å²) in [5.74, 6) is 1.25. The maximum Gasteiger partial charge on any atom is 0.236 e. The molecule has 0 N–H and O–H groups in total. The van der Waals surface area contributed by atoms with Gasteiger partial charge in [0.1, 0.15) is 12.3 Å². The lowest BCUT2D eigenvalue weighted by atomic mass is 10.1. The molecule has 0 unspecified atom stereocenters. The lowest BCUT2D eigenvalue weighted by molar-refractivity contribution is 0.291. The normalized spacial score (nSPS) is 21.8. The second-order valence-corrected chi connectivity index (χ2v) is 4.15. The van der Waals surface area contributed by atoms with Crippen LogP contribution in [0.3, 0.4) is 0 Å². The molecule has 0 fully saturated rings. The zero-order chi connectivity index (χ0) is 9.26. The number of nitrogens with zero attached hydrogens (tertiary/aromatic N) is 2. The predicted molar refractivity (Wildman–Crippen MR) is 53.2 cm³/mol. The monoisotopic (exact) mass is 196 g/mol. The Morgan fingerprint density at radius 3 is 3.00 bits per heavy atom. The Kier molecular flexibility index (Phi) is 2.31. The van der Waals surface area contributed by atoms with Gasteiger partial charge in [-0.15, -0.1) is 11.3 Å². The summed E-state index contributed by atoms with van der Waals surface area (Å²) in [5.41, 5.74) is 2.66. The molecule has 4 heteroatoms. The van der Waals surface area contributed by atoms with Crippen molar-refractivity contribution in [3.8, 4) is 0 Å². The van der Waals surface area contributed by atoms with E-state index in [0.717, 1.165) is 5.69 Å². The molecular formula is C9H12N2OS. The van der Waals surface area contributed by atoms with Crippen LogP contribution in [-0.4, -0.2) is 23.5 Å². The number of aromatic nitrogens is 1. The second kappa shape index (κ2) is 3.46. The van der Waals surface area contributed by atoms with Gasteiger partial charge in [-0.1, -0.05) is 13.8 Å². The molecule has 0 bridgehead atoms. The fourth-order valence-electron chi connectivity index (χ4n) is 1.19. The molecule has 1 atom stereocenters. The van der Waals surface area contributed by atoms with E-state index in [0.29, 0.717) is 24.5 Å². The van der Waals surface area contributed by atoms with E-state index < -0.39 is 0 Å². The van der Waals surface area contributed by atoms with Crippen molar-refractivity contribution < 1.29 is 4.74 Å². The van der Waals surface area contributed by atoms with E-state index >= 15 is 0 Å². The highest BCUT2D eigenvalue weighted by molar-refractivity contribution is 7.07. The minimum absolute atomic E-state index is 0.302. The highest BCUT2D eigenvalue weighted by Gasteiger charge is 2.23. The van der Waals surface area contributed by atoms with Gasteiger partial charge in [-0.25, -0.2) is 9.98 Å². The third kappa shape index (κ3) is 1.72. The number of ether oxygens (including phenoxy) is 1. The van der Waals surface area contributed by atoms with E-state index in [2.05, 4.69) is 23.8 Å². The Hall–Kier alpha value is -0.900. The summed E-state index contributed by atoms with van der Waals surface area (Å²) in [6, 6.07) is 0.302. The SMILES string of the molecule is CC(C)[C@H]1COC(c2cscn2)=N1. The molecule has 2 rings (SSSR count). The molecule has 0 saturated heterocycles. The average molecular weight is 196 g/mol. The van der Waals surface area contributed by atoms with Gasteiger partial charge in [0.05, 0.1) is 11.6 Å². The van der Waals surface area contributed by atoms with Crippen molar-refractivity contribution in [3.05, 3.63) is 16.6 Å². The standard InChI is InChI=1S/C9H12N2OS/c1-6(2)7-3-12-9(11-7)8-4-13-5-10-8/h4-7H,3H2,1-2H3/t7-/m1/s1. The van der Waals surface area contributed by atoms with E-state index in [1.165, 1.54) is 0 Å². The zero-order valence-electron chi connectivity index (χ0n) is 7.73. The summed E-state index contributed by atoms with van der Waals surface area (Å²) in [5, 5.41) is 1.96. The Morgan fingerprint density at radius 1 is 1.62 bits per heavy atom. The molecule has 0 spiro atoms. The van der Waals surface area contributed by atoms with Gasteiger partial charge in [0.2, 0.25) is 5.90 Å². The van der Waals surface area contributed by atoms with Gasteiger partial charge in [0, 0.05) is 5.38 Å². The largest absolute Gasteiger partial charge is 0.474 e. The van der Waals surface area contributed by atoms with Crippen LogP contribution in [0.2, 0.25) is 0 Å². The zero-order valence-corrected chi connectivity index (χ0v) is 8.54. The second-order valence-electron chi connectivity index (χ2n) is 3.43. The smallest absolute Gasteiger partial charge is 0.236 e. The van der Waals surface area contributed by atoms with Crippen LogP contribution in [0, 0.1) is 5.92 Å². The van der Waals surface area contributed by atoms with Gasteiger partial charge < -0.3 is 4.74 Å². The third-order valence-corrected chi connectivity index (χ3v) is 2.68. The van der Waals surface area contributed by atoms with Crippen LogP contribution in [0.1, 0.15) is 19.5 Å². The summed E-state index contributed by atoms with van der Waals surface area (Å²) >= 11 is 1.56. The van der Waals surface area contributed by atoms with Gasteiger partial charge in [-0.05, 0) is 5.92 Å². The highest BCUT2D eigenvalue weighted by Crippen LogP contribution is 2.17. The lowest BCUT2D eigenvalue weighted by Crippen LogP contribution is -2.13. The van der Waals surface area contributed by atoms with Gasteiger partial charge in [-0.3, -0.25) is 0 Å². The number of hydrogen-bond donors (Lipinski definition) is 0. The molecule has 70 valence electrons. The van der Waals surface area contributed by atoms with Crippen molar-refractivity contribution in [3.63, 3.8) is 0 Å². The van der Waals surface area contributed by atoms with Gasteiger partial charge in [-0.2, -0.15) is 0 Å². The molecule has 3 nitrogen and oxygen atoms in total. The molecule has 1 aromatic heterocycles. The first kappa shape index (κ1) is 8.69. The average Bonchev–Trinajstić information content (AvgIpc) is 2.75. The summed E-state index contributed by atoms with van der Waals surface area (Å²) in [6.07, 6.45) is 0. The van der Waals surface area contributed by atoms with Crippen LogP contribution in [0.15, 0.2) is 15.9 Å². The summed E-state index contributed by atoms with van der Waals surface area (Å²) in [7, 11) is 0. The molecular weight excluding hydrogens is 184 g/mol. The highest BCUT2D eigenvalue weighted by atomic mass is 32.1. The lowest BCUT2D eigenvalue weighted by Gasteiger charge is -2.06. The summed E-state index contributed by atoms with van der Waals surface area (Å²) in [6.45, 7) is 5.01. The molecule has 0 amide bonds. The Bertz CT molecular complexity index is 305. The van der Waals surface area contributed by atoms with Crippen LogP contribution in [-0.2, 0) is 4.74 Å². The fourth-order valence-corrected chi connectivity index (χ4v) is 1.72. The van der Waals surface area contributed by atoms with Crippen molar-refractivity contribution in [2.45, 2.75) is 19.9 Å².